The second kappa shape index (κ2) is 31.8. The molecule has 48 heavy (non-hydrogen) atoms. The van der Waals surface area contributed by atoms with Crippen molar-refractivity contribution >= 4 is 22.8 Å². The highest BCUT2D eigenvalue weighted by Gasteiger charge is 2.08. The number of hydrogen-bond donors (Lipinski definition) is 0. The van der Waals surface area contributed by atoms with Crippen LogP contribution in [0, 0.1) is 0 Å². The molecule has 2 aromatic rings. The largest absolute Gasteiger partial charge is 0.251 e. The fourth-order valence-electron chi connectivity index (χ4n) is 6.50. The summed E-state index contributed by atoms with van der Waals surface area (Å²) in [6.45, 7) is 4.55. The molecule has 2 nitrogen and oxygen atoms in total. The number of para-hydroxylation sites is 2. The Kier molecular flexibility index (Phi) is 27.6. The number of hydrogen-bond acceptors (Lipinski definition) is 2. The Morgan fingerprint density at radius 3 is 1.17 bits per heavy atom. The lowest BCUT2D eigenvalue weighted by Crippen LogP contribution is -2.11. The lowest BCUT2D eigenvalue weighted by Gasteiger charge is -2.08. The van der Waals surface area contributed by atoms with Crippen molar-refractivity contribution in [1.82, 2.24) is 0 Å². The normalized spacial score (nSPS) is 12.4. The summed E-state index contributed by atoms with van der Waals surface area (Å²) in [5.41, 5.74) is 4.08. The van der Waals surface area contributed by atoms with E-state index >= 15 is 0 Å². The Morgan fingerprint density at radius 1 is 0.417 bits per heavy atom. The van der Waals surface area contributed by atoms with Crippen LogP contribution in [0.5, 0.6) is 0 Å². The van der Waals surface area contributed by atoms with E-state index in [0.29, 0.717) is 0 Å². The van der Waals surface area contributed by atoms with Gasteiger partial charge in [0.25, 0.3) is 0 Å². The molecular weight excluding hydrogens is 581 g/mol. The molecule has 0 amide bonds. The molecule has 2 heteroatoms. The molecule has 0 spiro atoms. The van der Waals surface area contributed by atoms with E-state index in [2.05, 4.69) is 74.5 Å². The Hall–Kier alpha value is -2.48. The third-order valence-electron chi connectivity index (χ3n) is 9.59. The zero-order valence-corrected chi connectivity index (χ0v) is 31.6. The first-order valence-electron chi connectivity index (χ1n) is 20.8. The van der Waals surface area contributed by atoms with Gasteiger partial charge in [0.1, 0.15) is 0 Å². The van der Waals surface area contributed by atoms with Crippen LogP contribution in [0.1, 0.15) is 194 Å². The van der Waals surface area contributed by atoms with Gasteiger partial charge in [-0.3, -0.25) is 4.99 Å². The number of benzene rings is 2. The molecule has 0 N–H and O–H groups in total. The molecule has 0 aliphatic carbocycles. The first kappa shape index (κ1) is 41.7. The quantitative estimate of drug-likeness (QED) is 0.0554. The lowest BCUT2D eigenvalue weighted by atomic mass is 10.0. The number of unbranched alkanes of at least 4 members (excludes halogenated alkanes) is 25. The highest BCUT2D eigenvalue weighted by molar-refractivity contribution is 6.47. The molecule has 0 radical (unpaired) electrons. The van der Waals surface area contributed by atoms with Gasteiger partial charge in [0.05, 0.1) is 22.8 Å². The van der Waals surface area contributed by atoms with Crippen molar-refractivity contribution in [2.24, 2.45) is 9.98 Å². The summed E-state index contributed by atoms with van der Waals surface area (Å²) in [5.74, 6) is 0. The van der Waals surface area contributed by atoms with Crippen LogP contribution in [0.2, 0.25) is 0 Å². The average Bonchev–Trinajstić information content (AvgIpc) is 3.12. The fraction of sp³-hybridized carbons (Fsp3) is 0.652. The molecule has 0 aliphatic heterocycles. The Morgan fingerprint density at radius 2 is 0.771 bits per heavy atom. The first-order valence-corrected chi connectivity index (χ1v) is 20.8. The van der Waals surface area contributed by atoms with Crippen molar-refractivity contribution in [3.8, 4) is 0 Å². The summed E-state index contributed by atoms with van der Waals surface area (Å²) < 4.78 is 0. The van der Waals surface area contributed by atoms with Gasteiger partial charge in [-0.15, -0.1) is 0 Å². The van der Waals surface area contributed by atoms with Gasteiger partial charge in [-0.2, -0.15) is 0 Å². The molecule has 0 aliphatic rings. The topological polar surface area (TPSA) is 24.7 Å². The predicted molar refractivity (Wildman–Crippen MR) is 217 cm³/mol. The molecule has 0 unspecified atom stereocenters. The summed E-state index contributed by atoms with van der Waals surface area (Å²) in [6.07, 6.45) is 43.3. The van der Waals surface area contributed by atoms with Crippen LogP contribution >= 0.6 is 0 Å². The van der Waals surface area contributed by atoms with Crippen LogP contribution in [-0.2, 0) is 0 Å². The maximum absolute atomic E-state index is 5.04. The van der Waals surface area contributed by atoms with E-state index < -0.39 is 0 Å². The molecule has 0 saturated carbocycles. The van der Waals surface area contributed by atoms with Gasteiger partial charge < -0.3 is 0 Å². The second-order valence-electron chi connectivity index (χ2n) is 14.2. The van der Waals surface area contributed by atoms with Crippen LogP contribution in [-0.4, -0.2) is 11.4 Å². The molecular formula is C46H74N2. The molecule has 0 aromatic heterocycles. The van der Waals surface area contributed by atoms with Crippen LogP contribution in [0.15, 0.2) is 82.8 Å². The Balaban J connectivity index is 1.49. The standard InChI is InChI=1S/C46H74N2/c1-3-5-7-8-9-10-11-12-13-14-15-16-17-18-19-20-21-22-23-24-25-26-27-28-29-36-42-46(48-44-39-34-31-35-40-44)45(41-6-4-2)47-43-37-32-30-33-38-43/h30-40,42H,3-29,41H2,1-2H3/b42-36+,47-45?,48-46?. The van der Waals surface area contributed by atoms with E-state index in [1.807, 2.05) is 12.1 Å². The fourth-order valence-corrected chi connectivity index (χ4v) is 6.50. The van der Waals surface area contributed by atoms with Crippen molar-refractivity contribution in [3.63, 3.8) is 0 Å². The summed E-state index contributed by atoms with van der Waals surface area (Å²) in [7, 11) is 0. The number of aliphatic imine (C=N–C) groups is 2. The van der Waals surface area contributed by atoms with Crippen LogP contribution < -0.4 is 0 Å². The highest BCUT2D eigenvalue weighted by Crippen LogP contribution is 2.19. The Labute approximate surface area is 298 Å². The van der Waals surface area contributed by atoms with Gasteiger partial charge in [0.2, 0.25) is 0 Å². The van der Waals surface area contributed by atoms with Gasteiger partial charge in [0.15, 0.2) is 0 Å². The number of allylic oxidation sites excluding steroid dienone is 2. The third kappa shape index (κ3) is 23.8. The minimum absolute atomic E-state index is 0.945. The van der Waals surface area contributed by atoms with Gasteiger partial charge >= 0.3 is 0 Å². The van der Waals surface area contributed by atoms with Crippen LogP contribution in [0.25, 0.3) is 0 Å². The van der Waals surface area contributed by atoms with E-state index in [1.54, 1.807) is 0 Å². The minimum Gasteiger partial charge on any atom is -0.251 e. The molecule has 268 valence electrons. The highest BCUT2D eigenvalue weighted by atomic mass is 14.8. The monoisotopic (exact) mass is 655 g/mol. The zero-order valence-electron chi connectivity index (χ0n) is 31.6. The van der Waals surface area contributed by atoms with E-state index in [0.717, 1.165) is 48.5 Å². The third-order valence-corrected chi connectivity index (χ3v) is 9.59. The van der Waals surface area contributed by atoms with Gasteiger partial charge in [-0.1, -0.05) is 210 Å². The lowest BCUT2D eigenvalue weighted by molar-refractivity contribution is 0.517. The zero-order chi connectivity index (χ0) is 34.0. The average molecular weight is 655 g/mol. The maximum Gasteiger partial charge on any atom is 0.0848 e. The summed E-state index contributed by atoms with van der Waals surface area (Å²) in [4.78, 5) is 10.1. The van der Waals surface area contributed by atoms with E-state index in [9.17, 15) is 0 Å². The SMILES string of the molecule is CCCCCCCCCCCCCCCCCCCCCCCCCC/C=C/C(=Nc1ccccc1)C(CCCC)=Nc1ccccc1. The molecule has 2 rings (SSSR count). The molecule has 2 aromatic carbocycles. The molecule has 0 fully saturated rings. The maximum atomic E-state index is 5.04. The van der Waals surface area contributed by atoms with Gasteiger partial charge in [-0.25, -0.2) is 4.99 Å². The molecule has 0 heterocycles. The van der Waals surface area contributed by atoms with Crippen molar-refractivity contribution in [1.29, 1.82) is 0 Å². The first-order chi connectivity index (χ1) is 23.8. The predicted octanol–water partition coefficient (Wildman–Crippen LogP) is 16.1. The van der Waals surface area contributed by atoms with Gasteiger partial charge in [0, 0.05) is 0 Å². The van der Waals surface area contributed by atoms with E-state index in [1.165, 1.54) is 154 Å². The van der Waals surface area contributed by atoms with Crippen molar-refractivity contribution in [2.75, 3.05) is 0 Å². The van der Waals surface area contributed by atoms with Gasteiger partial charge in [-0.05, 0) is 56.0 Å². The van der Waals surface area contributed by atoms with Crippen LogP contribution in [0.3, 0.4) is 0 Å². The van der Waals surface area contributed by atoms with E-state index in [-0.39, 0.29) is 0 Å². The summed E-state index contributed by atoms with van der Waals surface area (Å²) >= 11 is 0. The summed E-state index contributed by atoms with van der Waals surface area (Å²) in [5, 5.41) is 0. The van der Waals surface area contributed by atoms with Crippen LogP contribution in [0.4, 0.5) is 11.4 Å². The smallest absolute Gasteiger partial charge is 0.0848 e. The van der Waals surface area contributed by atoms with Crippen molar-refractivity contribution in [3.05, 3.63) is 72.8 Å². The summed E-state index contributed by atoms with van der Waals surface area (Å²) in [6, 6.07) is 20.6. The number of rotatable bonds is 32. The number of nitrogens with zero attached hydrogens (tertiary/aromatic N) is 2. The second-order valence-corrected chi connectivity index (χ2v) is 14.2. The molecule has 0 saturated heterocycles. The van der Waals surface area contributed by atoms with Crippen molar-refractivity contribution < 1.29 is 0 Å². The van der Waals surface area contributed by atoms with E-state index in [4.69, 9.17) is 9.98 Å². The molecule has 0 atom stereocenters. The minimum atomic E-state index is 0.945. The molecule has 0 bridgehead atoms. The van der Waals surface area contributed by atoms with Crippen molar-refractivity contribution in [2.45, 2.75) is 194 Å². The Bertz CT molecular complexity index is 1050.